The van der Waals surface area contributed by atoms with E-state index in [2.05, 4.69) is 17.3 Å². The van der Waals surface area contributed by atoms with Crippen molar-refractivity contribution in [3.8, 4) is 0 Å². The Kier molecular flexibility index (Phi) is 6.68. The van der Waals surface area contributed by atoms with Crippen LogP contribution in [0.1, 0.15) is 54.4 Å². The molecule has 1 aliphatic rings. The Bertz CT molecular complexity index is 358. The molecule has 0 radical (unpaired) electrons. The van der Waals surface area contributed by atoms with Crippen molar-refractivity contribution in [1.82, 2.24) is 15.1 Å². The topological polar surface area (TPSA) is 44.8 Å². The normalized spacial score (nSPS) is 20.2. The van der Waals surface area contributed by atoms with Crippen LogP contribution in [0.3, 0.4) is 0 Å². The van der Waals surface area contributed by atoms with E-state index in [-0.39, 0.29) is 11.6 Å². The Morgan fingerprint density at radius 1 is 1.27 bits per heavy atom. The van der Waals surface area contributed by atoms with E-state index >= 15 is 0 Å². The van der Waals surface area contributed by atoms with E-state index in [0.717, 1.165) is 13.1 Å². The number of hydrogen-bond donors (Lipinski definition) is 1. The maximum absolute atomic E-state index is 12.4. The van der Waals surface area contributed by atoms with Gasteiger partial charge in [-0.1, -0.05) is 0 Å². The highest BCUT2D eigenvalue weighted by Crippen LogP contribution is 2.18. The molecule has 1 heterocycles. The lowest BCUT2D eigenvalue weighted by Crippen LogP contribution is -2.50. The molecular formula is C17H35N3O2. The highest BCUT2D eigenvalue weighted by Gasteiger charge is 2.30. The number of carbonyl (C=O) groups is 1. The zero-order valence-corrected chi connectivity index (χ0v) is 15.5. The van der Waals surface area contributed by atoms with Crippen LogP contribution < -0.4 is 5.32 Å². The number of likely N-dealkylation sites (N-methyl/N-ethyl adjacent to an activating group) is 1. The molecule has 1 atom stereocenters. The molecule has 0 aromatic carbocycles. The Morgan fingerprint density at radius 3 is 2.36 bits per heavy atom. The van der Waals surface area contributed by atoms with E-state index in [4.69, 9.17) is 4.74 Å². The number of amides is 1. The van der Waals surface area contributed by atoms with Gasteiger partial charge in [0.25, 0.3) is 0 Å². The second-order valence-electron chi connectivity index (χ2n) is 8.28. The SMILES string of the molecule is CN1CCCC1CNCCN(C(=O)OC(C)(C)C)C(C)(C)C. The maximum Gasteiger partial charge on any atom is 0.410 e. The number of hydrogen-bond acceptors (Lipinski definition) is 4. The molecule has 0 aromatic heterocycles. The summed E-state index contributed by atoms with van der Waals surface area (Å²) in [7, 11) is 2.18. The van der Waals surface area contributed by atoms with Crippen LogP contribution in [0.25, 0.3) is 0 Å². The first-order valence-electron chi connectivity index (χ1n) is 8.42. The average Bonchev–Trinajstić information content (AvgIpc) is 2.70. The molecule has 0 saturated carbocycles. The first kappa shape index (κ1) is 19.2. The highest BCUT2D eigenvalue weighted by molar-refractivity contribution is 5.69. The minimum absolute atomic E-state index is 0.236. The van der Waals surface area contributed by atoms with E-state index in [1.807, 2.05) is 46.4 Å². The van der Waals surface area contributed by atoms with Crippen LogP contribution in [-0.4, -0.2) is 66.3 Å². The first-order chi connectivity index (χ1) is 10.0. The molecule has 0 aliphatic carbocycles. The van der Waals surface area contributed by atoms with E-state index in [1.54, 1.807) is 0 Å². The van der Waals surface area contributed by atoms with Crippen molar-refractivity contribution >= 4 is 6.09 Å². The molecule has 0 bridgehead atoms. The molecule has 1 saturated heterocycles. The van der Waals surface area contributed by atoms with Crippen LogP contribution in [-0.2, 0) is 4.74 Å². The average molecular weight is 313 g/mol. The minimum Gasteiger partial charge on any atom is -0.444 e. The largest absolute Gasteiger partial charge is 0.444 e. The van der Waals surface area contributed by atoms with Crippen LogP contribution in [0.2, 0.25) is 0 Å². The van der Waals surface area contributed by atoms with Crippen molar-refractivity contribution in [1.29, 1.82) is 0 Å². The van der Waals surface area contributed by atoms with Crippen LogP contribution in [0, 0.1) is 0 Å². The summed E-state index contributed by atoms with van der Waals surface area (Å²) >= 11 is 0. The summed E-state index contributed by atoms with van der Waals surface area (Å²) in [5, 5.41) is 3.49. The van der Waals surface area contributed by atoms with Crippen LogP contribution in [0.5, 0.6) is 0 Å². The van der Waals surface area contributed by atoms with Gasteiger partial charge in [-0.15, -0.1) is 0 Å². The fraction of sp³-hybridized carbons (Fsp3) is 0.941. The van der Waals surface area contributed by atoms with Gasteiger partial charge in [0.15, 0.2) is 0 Å². The number of carbonyl (C=O) groups excluding carboxylic acids is 1. The van der Waals surface area contributed by atoms with Crippen LogP contribution in [0.4, 0.5) is 4.79 Å². The molecule has 1 rings (SSSR count). The zero-order valence-electron chi connectivity index (χ0n) is 15.5. The monoisotopic (exact) mass is 313 g/mol. The summed E-state index contributed by atoms with van der Waals surface area (Å²) in [5.74, 6) is 0. The molecular weight excluding hydrogens is 278 g/mol. The summed E-state index contributed by atoms with van der Waals surface area (Å²) in [6, 6.07) is 0.629. The molecule has 1 amide bonds. The second kappa shape index (κ2) is 7.64. The van der Waals surface area contributed by atoms with Gasteiger partial charge in [0, 0.05) is 31.2 Å². The molecule has 130 valence electrons. The minimum atomic E-state index is -0.458. The lowest BCUT2D eigenvalue weighted by atomic mass is 10.1. The highest BCUT2D eigenvalue weighted by atomic mass is 16.6. The van der Waals surface area contributed by atoms with Crippen molar-refractivity contribution in [2.45, 2.75) is 71.6 Å². The van der Waals surface area contributed by atoms with E-state index in [9.17, 15) is 4.79 Å². The molecule has 1 fully saturated rings. The number of ether oxygens (including phenoxy) is 1. The van der Waals surface area contributed by atoms with E-state index < -0.39 is 5.60 Å². The third-order valence-corrected chi connectivity index (χ3v) is 3.99. The molecule has 22 heavy (non-hydrogen) atoms. The van der Waals surface area contributed by atoms with Gasteiger partial charge in [0.1, 0.15) is 5.60 Å². The summed E-state index contributed by atoms with van der Waals surface area (Å²) in [6.07, 6.45) is 2.31. The number of nitrogens with zero attached hydrogens (tertiary/aromatic N) is 2. The van der Waals surface area contributed by atoms with Gasteiger partial charge >= 0.3 is 6.09 Å². The fourth-order valence-electron chi connectivity index (χ4n) is 2.71. The lowest BCUT2D eigenvalue weighted by Gasteiger charge is -2.37. The number of rotatable bonds is 5. The lowest BCUT2D eigenvalue weighted by molar-refractivity contribution is 0.00659. The predicted octanol–water partition coefficient (Wildman–Crippen LogP) is 2.71. The summed E-state index contributed by atoms with van der Waals surface area (Å²) in [5.41, 5.74) is -0.700. The van der Waals surface area contributed by atoms with Gasteiger partial charge in [-0.05, 0) is 68.0 Å². The Balaban J connectivity index is 2.43. The van der Waals surface area contributed by atoms with Gasteiger partial charge in [-0.3, -0.25) is 0 Å². The zero-order chi connectivity index (χ0) is 17.0. The Hall–Kier alpha value is -0.810. The first-order valence-corrected chi connectivity index (χ1v) is 8.42. The Labute approximate surface area is 136 Å². The van der Waals surface area contributed by atoms with Crippen molar-refractivity contribution in [3.05, 3.63) is 0 Å². The maximum atomic E-state index is 12.4. The smallest absolute Gasteiger partial charge is 0.410 e. The van der Waals surface area contributed by atoms with Gasteiger partial charge < -0.3 is 19.9 Å². The molecule has 5 heteroatoms. The van der Waals surface area contributed by atoms with Crippen molar-refractivity contribution in [2.24, 2.45) is 0 Å². The summed E-state index contributed by atoms with van der Waals surface area (Å²) in [4.78, 5) is 16.6. The third-order valence-electron chi connectivity index (χ3n) is 3.99. The van der Waals surface area contributed by atoms with Gasteiger partial charge in [0.05, 0.1) is 0 Å². The fourth-order valence-corrected chi connectivity index (χ4v) is 2.71. The summed E-state index contributed by atoms with van der Waals surface area (Å²) < 4.78 is 5.52. The second-order valence-corrected chi connectivity index (χ2v) is 8.28. The molecule has 1 N–H and O–H groups in total. The van der Waals surface area contributed by atoms with Gasteiger partial charge in [0.2, 0.25) is 0 Å². The molecule has 0 aromatic rings. The Morgan fingerprint density at radius 2 is 1.91 bits per heavy atom. The number of nitrogens with one attached hydrogen (secondary N) is 1. The standard InChI is InChI=1S/C17H35N3O2/c1-16(2,3)20(15(21)22-17(4,5)6)12-10-18-13-14-9-8-11-19(14)7/h14,18H,8-13H2,1-7H3. The summed E-state index contributed by atoms with van der Waals surface area (Å²) in [6.45, 7) is 15.5. The molecule has 0 spiro atoms. The van der Waals surface area contributed by atoms with E-state index in [0.29, 0.717) is 12.6 Å². The quantitative estimate of drug-likeness (QED) is 0.793. The van der Waals surface area contributed by atoms with Crippen molar-refractivity contribution in [3.63, 3.8) is 0 Å². The molecule has 5 nitrogen and oxygen atoms in total. The van der Waals surface area contributed by atoms with Crippen LogP contribution >= 0.6 is 0 Å². The van der Waals surface area contributed by atoms with Crippen molar-refractivity contribution in [2.75, 3.05) is 33.2 Å². The van der Waals surface area contributed by atoms with Crippen LogP contribution in [0.15, 0.2) is 0 Å². The van der Waals surface area contributed by atoms with Gasteiger partial charge in [-0.2, -0.15) is 0 Å². The van der Waals surface area contributed by atoms with Gasteiger partial charge in [-0.25, -0.2) is 4.79 Å². The third kappa shape index (κ3) is 6.53. The van der Waals surface area contributed by atoms with E-state index in [1.165, 1.54) is 19.4 Å². The predicted molar refractivity (Wildman–Crippen MR) is 91.2 cm³/mol. The van der Waals surface area contributed by atoms with Crippen molar-refractivity contribution < 1.29 is 9.53 Å². The molecule has 1 aliphatic heterocycles. The molecule has 1 unspecified atom stereocenters. The number of likely N-dealkylation sites (tertiary alicyclic amines) is 1.